The lowest BCUT2D eigenvalue weighted by molar-refractivity contribution is -0.128. The number of carbonyl (C=O) groups is 5. The van der Waals surface area contributed by atoms with Gasteiger partial charge in [0.05, 0.1) is 35.6 Å². The van der Waals surface area contributed by atoms with Crippen LogP contribution >= 0.6 is 23.8 Å². The number of thiocarbonyl (C=S) groups is 1. The van der Waals surface area contributed by atoms with E-state index in [4.69, 9.17) is 53.0 Å². The Balaban J connectivity index is 0.000000603. The maximum Gasteiger partial charge on any atom is 0.417 e. The Bertz CT molecular complexity index is 1990. The van der Waals surface area contributed by atoms with E-state index in [0.717, 1.165) is 23.3 Å². The number of methoxy groups -OCH3 is 1. The molecule has 19 heteroatoms. The van der Waals surface area contributed by atoms with Crippen molar-refractivity contribution in [2.45, 2.75) is 91.0 Å². The van der Waals surface area contributed by atoms with E-state index in [1.807, 2.05) is 26.8 Å². The van der Waals surface area contributed by atoms with Crippen LogP contribution in [0.25, 0.3) is 0 Å². The largest absolute Gasteiger partial charge is 0.503 e. The molecular formula is C40H51ClN6O11S. The Hall–Kier alpha value is -5.62. The number of para-hydroxylation sites is 1. The summed E-state index contributed by atoms with van der Waals surface area (Å²) in [5, 5.41) is 24.0. The minimum absolute atomic E-state index is 0.0750. The standard InChI is InChI=1S/C34H44ClN5O7S.C6H7NO4/c1-33(2,3)46-31(42)39-16-9-10-22(39)20-45-26-19-36-15-13-21(26)18-37-24-14-17-40(32(43)47-34(4,5)6)30(41)27(24)29(48)38-25-12-8-11-23(35)28(25)44-7;8-4-2-1-3-7(5(4)9)6(10)11/h8,11-13,15,19,22,37H,9-10,14,16-18,20H2,1-7H3,(H,38,48);2,8H,1,3H2,(H,10,11)/t22-;/m1./s1. The van der Waals surface area contributed by atoms with Gasteiger partial charge in [0.15, 0.2) is 11.5 Å². The Labute approximate surface area is 353 Å². The van der Waals surface area contributed by atoms with Crippen molar-refractivity contribution in [3.8, 4) is 11.5 Å². The molecule has 17 nitrogen and oxygen atoms in total. The molecule has 4 N–H and O–H groups in total. The number of aromatic nitrogens is 1. The molecule has 320 valence electrons. The minimum Gasteiger partial charge on any atom is -0.503 e. The molecule has 3 aliphatic heterocycles. The molecule has 3 aliphatic rings. The van der Waals surface area contributed by atoms with Crippen molar-refractivity contribution in [1.82, 2.24) is 25.0 Å². The normalized spacial score (nSPS) is 17.1. The summed E-state index contributed by atoms with van der Waals surface area (Å²) in [5.74, 6) is -1.05. The van der Waals surface area contributed by atoms with Gasteiger partial charge in [-0.3, -0.25) is 14.6 Å². The number of halogens is 1. The summed E-state index contributed by atoms with van der Waals surface area (Å²) in [6.07, 6.45) is 4.45. The molecule has 0 bridgehead atoms. The molecule has 5 amide bonds. The molecular weight excluding hydrogens is 808 g/mol. The van der Waals surface area contributed by atoms with Crippen LogP contribution in [-0.2, 0) is 25.6 Å². The number of benzene rings is 1. The summed E-state index contributed by atoms with van der Waals surface area (Å²) in [6, 6.07) is 6.79. The second kappa shape index (κ2) is 19.9. The number of hydrogen-bond donors (Lipinski definition) is 4. The van der Waals surface area contributed by atoms with E-state index in [9.17, 15) is 24.0 Å². The molecule has 0 saturated carbocycles. The smallest absolute Gasteiger partial charge is 0.417 e. The van der Waals surface area contributed by atoms with Gasteiger partial charge < -0.3 is 44.7 Å². The van der Waals surface area contributed by atoms with Gasteiger partial charge in [-0.25, -0.2) is 24.2 Å². The zero-order valence-corrected chi connectivity index (χ0v) is 35.7. The van der Waals surface area contributed by atoms with Crippen molar-refractivity contribution >= 4 is 64.6 Å². The van der Waals surface area contributed by atoms with Gasteiger partial charge in [0, 0.05) is 50.1 Å². The van der Waals surface area contributed by atoms with Crippen molar-refractivity contribution in [2.75, 3.05) is 38.7 Å². The third-order valence-electron chi connectivity index (χ3n) is 8.79. The van der Waals surface area contributed by atoms with Crippen LogP contribution in [0.5, 0.6) is 11.5 Å². The monoisotopic (exact) mass is 858 g/mol. The number of nitrogens with one attached hydrogen (secondary N) is 2. The Kier molecular flexibility index (Phi) is 15.5. The number of anilines is 1. The Morgan fingerprint density at radius 2 is 1.68 bits per heavy atom. The molecule has 0 aliphatic carbocycles. The van der Waals surface area contributed by atoms with Gasteiger partial charge in [-0.1, -0.05) is 29.9 Å². The van der Waals surface area contributed by atoms with Crippen LogP contribution in [0.4, 0.5) is 20.1 Å². The quantitative estimate of drug-likeness (QED) is 0.191. The van der Waals surface area contributed by atoms with E-state index in [-0.39, 0.29) is 48.9 Å². The number of likely N-dealkylation sites (tertiary alicyclic amines) is 1. The van der Waals surface area contributed by atoms with E-state index >= 15 is 0 Å². The van der Waals surface area contributed by atoms with Crippen LogP contribution in [0.3, 0.4) is 0 Å². The molecule has 5 rings (SSSR count). The van der Waals surface area contributed by atoms with Gasteiger partial charge >= 0.3 is 18.3 Å². The lowest BCUT2D eigenvalue weighted by Crippen LogP contribution is -2.47. The highest BCUT2D eigenvalue weighted by molar-refractivity contribution is 7.81. The fourth-order valence-corrected chi connectivity index (χ4v) is 6.67. The summed E-state index contributed by atoms with van der Waals surface area (Å²) < 4.78 is 22.8. The molecule has 4 heterocycles. The summed E-state index contributed by atoms with van der Waals surface area (Å²) in [6.45, 7) is 12.1. The van der Waals surface area contributed by atoms with Crippen LogP contribution in [0, 0.1) is 0 Å². The summed E-state index contributed by atoms with van der Waals surface area (Å²) in [4.78, 5) is 68.4. The van der Waals surface area contributed by atoms with Crippen LogP contribution in [0.1, 0.15) is 72.8 Å². The Morgan fingerprint density at radius 3 is 2.32 bits per heavy atom. The van der Waals surface area contributed by atoms with Crippen LogP contribution < -0.4 is 20.1 Å². The number of imide groups is 2. The molecule has 0 radical (unpaired) electrons. The van der Waals surface area contributed by atoms with Gasteiger partial charge in [0.1, 0.15) is 28.5 Å². The second-order valence-corrected chi connectivity index (χ2v) is 16.4. The zero-order chi connectivity index (χ0) is 43.7. The minimum atomic E-state index is -1.32. The van der Waals surface area contributed by atoms with Crippen LogP contribution in [-0.4, -0.2) is 116 Å². The van der Waals surface area contributed by atoms with Crippen LogP contribution in [0.15, 0.2) is 59.8 Å². The highest BCUT2D eigenvalue weighted by atomic mass is 35.5. The molecule has 2 aromatic rings. The highest BCUT2D eigenvalue weighted by Gasteiger charge is 2.37. The summed E-state index contributed by atoms with van der Waals surface area (Å²) in [7, 11) is 1.48. The van der Waals surface area contributed by atoms with Crippen molar-refractivity contribution < 1.29 is 53.1 Å². The number of carboxylic acid groups (broad SMARTS) is 1. The van der Waals surface area contributed by atoms with Gasteiger partial charge in [0.25, 0.3) is 11.8 Å². The first kappa shape index (κ1) is 46.1. The van der Waals surface area contributed by atoms with Crippen molar-refractivity contribution in [3.05, 3.63) is 70.4 Å². The van der Waals surface area contributed by atoms with E-state index < -0.39 is 41.0 Å². The summed E-state index contributed by atoms with van der Waals surface area (Å²) >= 11 is 12.1. The number of aliphatic hydroxyl groups excluding tert-OH is 1. The first-order valence-electron chi connectivity index (χ1n) is 18.9. The van der Waals surface area contributed by atoms with Gasteiger partial charge in [-0.2, -0.15) is 0 Å². The van der Waals surface area contributed by atoms with Crippen molar-refractivity contribution in [2.24, 2.45) is 0 Å². The van der Waals surface area contributed by atoms with Gasteiger partial charge in [0.2, 0.25) is 0 Å². The first-order chi connectivity index (χ1) is 27.7. The molecule has 1 saturated heterocycles. The molecule has 1 atom stereocenters. The summed E-state index contributed by atoms with van der Waals surface area (Å²) in [5.41, 5.74) is 0.487. The van der Waals surface area contributed by atoms with E-state index in [1.165, 1.54) is 13.2 Å². The van der Waals surface area contributed by atoms with E-state index in [1.54, 1.807) is 56.3 Å². The predicted molar refractivity (Wildman–Crippen MR) is 221 cm³/mol. The fourth-order valence-electron chi connectivity index (χ4n) is 6.10. The highest BCUT2D eigenvalue weighted by Crippen LogP contribution is 2.34. The first-order valence-corrected chi connectivity index (χ1v) is 19.6. The van der Waals surface area contributed by atoms with Crippen LogP contribution in [0.2, 0.25) is 5.02 Å². The molecule has 1 aromatic carbocycles. The maximum atomic E-state index is 13.9. The number of aliphatic hydroxyl groups is 1. The SMILES string of the molecule is COc1c(Cl)cccc1NC(=S)C1=C(NCc2ccncc2OC[C@H]2CCCN2C(=O)OC(C)(C)C)CCN(C(=O)OC(C)(C)C)C1=O.O=C(O)N1CCC=C(O)C1=O. The molecule has 59 heavy (non-hydrogen) atoms. The molecule has 1 fully saturated rings. The lowest BCUT2D eigenvalue weighted by atomic mass is 10.0. The molecule has 1 aromatic heterocycles. The predicted octanol–water partition coefficient (Wildman–Crippen LogP) is 6.81. The molecule has 0 unspecified atom stereocenters. The zero-order valence-electron chi connectivity index (χ0n) is 34.1. The van der Waals surface area contributed by atoms with E-state index in [0.29, 0.717) is 52.2 Å². The Morgan fingerprint density at radius 1 is 0.983 bits per heavy atom. The number of nitrogens with zero attached hydrogens (tertiary/aromatic N) is 4. The number of ether oxygens (including phenoxy) is 4. The number of pyridine rings is 1. The van der Waals surface area contributed by atoms with E-state index in [2.05, 4.69) is 15.6 Å². The lowest BCUT2D eigenvalue weighted by Gasteiger charge is -2.32. The van der Waals surface area contributed by atoms with Crippen molar-refractivity contribution in [3.63, 3.8) is 0 Å². The topological polar surface area (TPSA) is 209 Å². The average molecular weight is 859 g/mol. The second-order valence-electron chi connectivity index (χ2n) is 15.6. The average Bonchev–Trinajstić information content (AvgIpc) is 3.62. The fraction of sp³-hybridized carbons (Fsp3) is 0.475. The van der Waals surface area contributed by atoms with Gasteiger partial charge in [-0.15, -0.1) is 0 Å². The van der Waals surface area contributed by atoms with Crippen molar-refractivity contribution in [1.29, 1.82) is 0 Å². The third-order valence-corrected chi connectivity index (χ3v) is 9.39. The number of hydrogen-bond acceptors (Lipinski definition) is 13. The third kappa shape index (κ3) is 12.7. The number of amides is 5. The number of rotatable bonds is 9. The number of carbonyl (C=O) groups excluding carboxylic acids is 4. The van der Waals surface area contributed by atoms with Gasteiger partial charge in [-0.05, 0) is 85.1 Å². The maximum absolute atomic E-state index is 13.9. The molecule has 0 spiro atoms.